The number of nitrogens with one attached hydrogen (secondary N) is 2. The fourth-order valence-corrected chi connectivity index (χ4v) is 4.36. The van der Waals surface area contributed by atoms with Gasteiger partial charge in [0.25, 0.3) is 11.8 Å². The number of nitrogens with zero attached hydrogens (tertiary/aromatic N) is 3. The van der Waals surface area contributed by atoms with Crippen molar-refractivity contribution in [2.45, 2.75) is 57.2 Å². The minimum absolute atomic E-state index is 0.0913. The molecule has 2 aromatic rings. The van der Waals surface area contributed by atoms with Crippen molar-refractivity contribution in [1.29, 1.82) is 0 Å². The Bertz CT molecular complexity index is 1030. The van der Waals surface area contributed by atoms with Crippen LogP contribution in [-0.4, -0.2) is 51.0 Å². The fraction of sp³-hybridized carbons (Fsp3) is 0.455. The molecule has 2 heterocycles. The first-order valence-corrected chi connectivity index (χ1v) is 10.9. The Balaban J connectivity index is 1.54. The Kier molecular flexibility index (Phi) is 5.75. The van der Waals surface area contributed by atoms with Gasteiger partial charge in [0.1, 0.15) is 11.2 Å². The molecule has 8 nitrogen and oxygen atoms in total. The number of hydrogen-bond acceptors (Lipinski definition) is 4. The zero-order valence-corrected chi connectivity index (χ0v) is 18.4. The molecule has 1 aliphatic carbocycles. The van der Waals surface area contributed by atoms with Gasteiger partial charge in [-0.25, -0.2) is 0 Å². The Morgan fingerprint density at radius 3 is 2.61 bits per heavy atom. The first-order chi connectivity index (χ1) is 14.8. The number of halogens is 1. The molecule has 1 aromatic carbocycles. The molecule has 31 heavy (non-hydrogen) atoms. The molecule has 4 rings (SSSR count). The van der Waals surface area contributed by atoms with E-state index >= 15 is 0 Å². The molecule has 1 saturated carbocycles. The summed E-state index contributed by atoms with van der Waals surface area (Å²) in [5.41, 5.74) is -0.270. The molecule has 1 aliphatic heterocycles. The number of anilines is 1. The SMILES string of the molecule is CN1C(=O)c2cc(C(=O)Nc3ccccc3Cl)nn2CC1(C)C(=O)NC1CCCCC1. The van der Waals surface area contributed by atoms with Gasteiger partial charge in [0.2, 0.25) is 5.91 Å². The second-order valence-corrected chi connectivity index (χ2v) is 8.86. The monoisotopic (exact) mass is 443 g/mol. The van der Waals surface area contributed by atoms with Crippen LogP contribution in [0.25, 0.3) is 0 Å². The lowest BCUT2D eigenvalue weighted by atomic mass is 9.92. The average molecular weight is 444 g/mol. The summed E-state index contributed by atoms with van der Waals surface area (Å²) in [7, 11) is 1.61. The van der Waals surface area contributed by atoms with Gasteiger partial charge in [-0.05, 0) is 31.9 Å². The van der Waals surface area contributed by atoms with E-state index in [1.54, 1.807) is 38.2 Å². The second-order valence-electron chi connectivity index (χ2n) is 8.45. The molecule has 9 heteroatoms. The number of benzene rings is 1. The quantitative estimate of drug-likeness (QED) is 0.758. The normalized spacial score (nSPS) is 21.5. The van der Waals surface area contributed by atoms with Crippen molar-refractivity contribution in [1.82, 2.24) is 20.0 Å². The van der Waals surface area contributed by atoms with E-state index in [9.17, 15) is 14.4 Å². The maximum atomic E-state index is 13.1. The van der Waals surface area contributed by atoms with Crippen LogP contribution in [0.4, 0.5) is 5.69 Å². The standard InChI is InChI=1S/C22H26ClN5O3/c1-22(21(31)24-14-8-4-3-5-9-14)13-28-18(20(30)27(22)2)12-17(26-28)19(29)25-16-11-7-6-10-15(16)23/h6-7,10-12,14H,3-5,8-9,13H2,1-2H3,(H,24,31)(H,25,29). The Morgan fingerprint density at radius 1 is 1.19 bits per heavy atom. The number of para-hydroxylation sites is 1. The van der Waals surface area contributed by atoms with Crippen molar-refractivity contribution in [2.75, 3.05) is 12.4 Å². The van der Waals surface area contributed by atoms with Crippen LogP contribution in [-0.2, 0) is 11.3 Å². The number of amides is 3. The molecule has 1 aromatic heterocycles. The second kappa shape index (κ2) is 8.34. The molecule has 0 radical (unpaired) electrons. The zero-order chi connectivity index (χ0) is 22.2. The van der Waals surface area contributed by atoms with Crippen molar-refractivity contribution in [3.05, 3.63) is 46.7 Å². The van der Waals surface area contributed by atoms with Crippen LogP contribution in [0.1, 0.15) is 60.0 Å². The molecule has 0 spiro atoms. The van der Waals surface area contributed by atoms with E-state index in [1.165, 1.54) is 22.1 Å². The van der Waals surface area contributed by atoms with Gasteiger partial charge in [-0.15, -0.1) is 0 Å². The summed E-state index contributed by atoms with van der Waals surface area (Å²) in [6.07, 6.45) is 5.31. The van der Waals surface area contributed by atoms with E-state index in [1.807, 2.05) is 0 Å². The van der Waals surface area contributed by atoms with E-state index in [0.29, 0.717) is 10.7 Å². The molecular formula is C22H26ClN5O3. The molecule has 1 atom stereocenters. The zero-order valence-electron chi connectivity index (χ0n) is 17.7. The highest BCUT2D eigenvalue weighted by Gasteiger charge is 2.46. The lowest BCUT2D eigenvalue weighted by molar-refractivity contribution is -0.133. The first-order valence-electron chi connectivity index (χ1n) is 10.5. The van der Waals surface area contributed by atoms with Gasteiger partial charge in [-0.2, -0.15) is 5.10 Å². The van der Waals surface area contributed by atoms with Gasteiger partial charge in [0, 0.05) is 19.2 Å². The summed E-state index contributed by atoms with van der Waals surface area (Å²) < 4.78 is 1.45. The number of carbonyl (C=O) groups is 3. The molecule has 3 amide bonds. The minimum atomic E-state index is -1.09. The lowest BCUT2D eigenvalue weighted by Crippen LogP contribution is -2.63. The predicted molar refractivity (Wildman–Crippen MR) is 117 cm³/mol. The van der Waals surface area contributed by atoms with Crippen molar-refractivity contribution in [3.8, 4) is 0 Å². The minimum Gasteiger partial charge on any atom is -0.351 e. The highest BCUT2D eigenvalue weighted by Crippen LogP contribution is 2.28. The van der Waals surface area contributed by atoms with Crippen LogP contribution in [0.2, 0.25) is 5.02 Å². The highest BCUT2D eigenvalue weighted by atomic mass is 35.5. The summed E-state index contributed by atoms with van der Waals surface area (Å²) in [5, 5.41) is 10.5. The third kappa shape index (κ3) is 4.04. The maximum Gasteiger partial charge on any atom is 0.276 e. The Labute approximate surface area is 185 Å². The van der Waals surface area contributed by atoms with Crippen molar-refractivity contribution in [3.63, 3.8) is 0 Å². The number of rotatable bonds is 4. The van der Waals surface area contributed by atoms with Crippen molar-refractivity contribution >= 4 is 35.0 Å². The van der Waals surface area contributed by atoms with E-state index in [4.69, 9.17) is 11.6 Å². The highest BCUT2D eigenvalue weighted by molar-refractivity contribution is 6.33. The van der Waals surface area contributed by atoms with Gasteiger partial charge >= 0.3 is 0 Å². The summed E-state index contributed by atoms with van der Waals surface area (Å²) >= 11 is 6.11. The fourth-order valence-electron chi connectivity index (χ4n) is 4.17. The van der Waals surface area contributed by atoms with Crippen molar-refractivity contribution < 1.29 is 14.4 Å². The largest absolute Gasteiger partial charge is 0.351 e. The third-order valence-corrected chi connectivity index (χ3v) is 6.62. The molecule has 164 valence electrons. The van der Waals surface area contributed by atoms with Gasteiger partial charge in [0.15, 0.2) is 5.69 Å². The van der Waals surface area contributed by atoms with Crippen LogP contribution >= 0.6 is 11.6 Å². The van der Waals surface area contributed by atoms with Gasteiger partial charge in [-0.3, -0.25) is 19.1 Å². The van der Waals surface area contributed by atoms with E-state index < -0.39 is 11.4 Å². The number of carbonyl (C=O) groups excluding carboxylic acids is 3. The van der Waals surface area contributed by atoms with E-state index in [0.717, 1.165) is 25.7 Å². The average Bonchev–Trinajstić information content (AvgIpc) is 3.18. The number of likely N-dealkylation sites (N-methyl/N-ethyl adjacent to an activating group) is 1. The number of hydrogen-bond donors (Lipinski definition) is 2. The van der Waals surface area contributed by atoms with Gasteiger partial charge in [-0.1, -0.05) is 43.0 Å². The van der Waals surface area contributed by atoms with Crippen molar-refractivity contribution in [2.24, 2.45) is 0 Å². The Morgan fingerprint density at radius 2 is 1.90 bits per heavy atom. The van der Waals surface area contributed by atoms with E-state index in [-0.39, 0.29) is 35.8 Å². The van der Waals surface area contributed by atoms with Gasteiger partial charge < -0.3 is 15.5 Å². The van der Waals surface area contributed by atoms with E-state index in [2.05, 4.69) is 15.7 Å². The molecular weight excluding hydrogens is 418 g/mol. The van der Waals surface area contributed by atoms with Crippen LogP contribution in [0, 0.1) is 0 Å². The summed E-state index contributed by atoms with van der Waals surface area (Å²) in [5.74, 6) is -1.02. The number of fused-ring (bicyclic) bond motifs is 1. The van der Waals surface area contributed by atoms with Crippen LogP contribution in [0.3, 0.4) is 0 Å². The predicted octanol–water partition coefficient (Wildman–Crippen LogP) is 3.08. The lowest BCUT2D eigenvalue weighted by Gasteiger charge is -2.41. The topological polar surface area (TPSA) is 96.3 Å². The third-order valence-electron chi connectivity index (χ3n) is 6.29. The van der Waals surface area contributed by atoms with Gasteiger partial charge in [0.05, 0.1) is 17.3 Å². The molecule has 1 unspecified atom stereocenters. The number of aromatic nitrogens is 2. The Hall–Kier alpha value is -2.87. The molecule has 0 saturated heterocycles. The maximum absolute atomic E-state index is 13.1. The summed E-state index contributed by atoms with van der Waals surface area (Å²) in [4.78, 5) is 40.3. The summed E-state index contributed by atoms with van der Waals surface area (Å²) in [6.45, 7) is 1.90. The van der Waals surface area contributed by atoms with Crippen LogP contribution in [0.15, 0.2) is 30.3 Å². The smallest absolute Gasteiger partial charge is 0.276 e. The first kappa shape index (κ1) is 21.4. The molecule has 2 aliphatic rings. The van der Waals surface area contributed by atoms with Crippen LogP contribution in [0.5, 0.6) is 0 Å². The summed E-state index contributed by atoms with van der Waals surface area (Å²) in [6, 6.07) is 8.46. The molecule has 2 N–H and O–H groups in total. The molecule has 1 fully saturated rings. The van der Waals surface area contributed by atoms with Crippen LogP contribution < -0.4 is 10.6 Å². The molecule has 0 bridgehead atoms.